The maximum atomic E-state index is 10.4. The lowest BCUT2D eigenvalue weighted by molar-refractivity contribution is -0.138. The van der Waals surface area contributed by atoms with Crippen molar-refractivity contribution < 1.29 is 9.90 Å². The fourth-order valence-corrected chi connectivity index (χ4v) is 1.05. The van der Waals surface area contributed by atoms with Crippen LogP contribution in [0.4, 0.5) is 5.13 Å². The lowest BCUT2D eigenvalue weighted by Gasteiger charge is -1.97. The highest BCUT2D eigenvalue weighted by Gasteiger charge is 2.17. The Labute approximate surface area is 67.0 Å². The van der Waals surface area contributed by atoms with E-state index in [0.29, 0.717) is 5.13 Å². The van der Waals surface area contributed by atoms with Crippen LogP contribution in [0, 0.1) is 0 Å². The zero-order chi connectivity index (χ0) is 8.43. The maximum absolute atomic E-state index is 10.4. The van der Waals surface area contributed by atoms with Crippen LogP contribution in [0.1, 0.15) is 18.7 Å². The number of anilines is 1. The molecule has 0 saturated carbocycles. The van der Waals surface area contributed by atoms with E-state index in [9.17, 15) is 4.79 Å². The van der Waals surface area contributed by atoms with Gasteiger partial charge in [-0.3, -0.25) is 4.79 Å². The molecule has 1 unspecified atom stereocenters. The van der Waals surface area contributed by atoms with E-state index in [0.717, 1.165) is 11.5 Å². The second-order valence-electron chi connectivity index (χ2n) is 2.05. The molecule has 1 heterocycles. The van der Waals surface area contributed by atoms with Crippen molar-refractivity contribution in [2.45, 2.75) is 12.8 Å². The summed E-state index contributed by atoms with van der Waals surface area (Å²) in [5, 5.41) is 8.83. The number of nitrogens with zero attached hydrogens (tertiary/aromatic N) is 2. The number of aliphatic carboxylic acids is 1. The van der Waals surface area contributed by atoms with Gasteiger partial charge in [-0.25, -0.2) is 4.98 Å². The van der Waals surface area contributed by atoms with Gasteiger partial charge >= 0.3 is 5.97 Å². The SMILES string of the molecule is CC(C(=O)O)c1nsc(N)n1. The molecule has 0 aliphatic rings. The molecule has 0 bridgehead atoms. The minimum Gasteiger partial charge on any atom is -0.481 e. The lowest BCUT2D eigenvalue weighted by atomic mass is 10.2. The number of aromatic nitrogens is 2. The highest BCUT2D eigenvalue weighted by molar-refractivity contribution is 7.09. The van der Waals surface area contributed by atoms with E-state index in [-0.39, 0.29) is 5.82 Å². The summed E-state index contributed by atoms with van der Waals surface area (Å²) in [6.07, 6.45) is 0. The number of carboxylic acid groups (broad SMARTS) is 1. The molecule has 3 N–H and O–H groups in total. The fourth-order valence-electron chi connectivity index (χ4n) is 0.534. The topological polar surface area (TPSA) is 89.1 Å². The molecule has 0 aromatic carbocycles. The Bertz CT molecular complexity index is 272. The first-order valence-electron chi connectivity index (χ1n) is 2.93. The maximum Gasteiger partial charge on any atom is 0.314 e. The van der Waals surface area contributed by atoms with E-state index in [2.05, 4.69) is 9.36 Å². The number of hydrogen-bond acceptors (Lipinski definition) is 5. The monoisotopic (exact) mass is 173 g/mol. The van der Waals surface area contributed by atoms with Crippen LogP contribution in [-0.2, 0) is 4.79 Å². The standard InChI is InChI=1S/C5H7N3O2S/c1-2(4(9)10)3-7-5(6)11-8-3/h2H,1H3,(H,9,10)(H2,6,7,8). The molecule has 0 aliphatic carbocycles. The van der Waals surface area contributed by atoms with Crippen LogP contribution in [-0.4, -0.2) is 20.4 Å². The van der Waals surface area contributed by atoms with Crippen molar-refractivity contribution in [2.24, 2.45) is 0 Å². The summed E-state index contributed by atoms with van der Waals surface area (Å²) in [4.78, 5) is 14.1. The van der Waals surface area contributed by atoms with Crippen molar-refractivity contribution in [3.05, 3.63) is 5.82 Å². The molecule has 0 saturated heterocycles. The van der Waals surface area contributed by atoms with Crippen molar-refractivity contribution in [1.82, 2.24) is 9.36 Å². The zero-order valence-electron chi connectivity index (χ0n) is 5.81. The minimum absolute atomic E-state index is 0.278. The van der Waals surface area contributed by atoms with Crippen LogP contribution < -0.4 is 5.73 Å². The Morgan fingerprint density at radius 3 is 2.82 bits per heavy atom. The van der Waals surface area contributed by atoms with E-state index in [1.807, 2.05) is 0 Å². The molecule has 1 aromatic rings. The molecule has 11 heavy (non-hydrogen) atoms. The molecule has 1 rings (SSSR count). The predicted octanol–water partition coefficient (Wildman–Crippen LogP) is 0.308. The number of hydrogen-bond donors (Lipinski definition) is 2. The van der Waals surface area contributed by atoms with E-state index in [4.69, 9.17) is 10.8 Å². The highest BCUT2D eigenvalue weighted by atomic mass is 32.1. The highest BCUT2D eigenvalue weighted by Crippen LogP contribution is 2.15. The summed E-state index contributed by atoms with van der Waals surface area (Å²) >= 11 is 1.00. The predicted molar refractivity (Wildman–Crippen MR) is 40.4 cm³/mol. The van der Waals surface area contributed by atoms with Gasteiger partial charge in [-0.2, -0.15) is 4.37 Å². The molecular formula is C5H7N3O2S. The van der Waals surface area contributed by atoms with Gasteiger partial charge in [-0.15, -0.1) is 0 Å². The Morgan fingerprint density at radius 1 is 1.82 bits per heavy atom. The first-order valence-corrected chi connectivity index (χ1v) is 3.70. The molecule has 0 spiro atoms. The van der Waals surface area contributed by atoms with Crippen molar-refractivity contribution in [3.8, 4) is 0 Å². The zero-order valence-corrected chi connectivity index (χ0v) is 6.63. The van der Waals surface area contributed by atoms with Gasteiger partial charge in [-0.1, -0.05) is 0 Å². The Kier molecular flexibility index (Phi) is 2.04. The number of nitrogen functional groups attached to an aromatic ring is 1. The quantitative estimate of drug-likeness (QED) is 0.671. The van der Waals surface area contributed by atoms with Crippen LogP contribution in [0.15, 0.2) is 0 Å². The van der Waals surface area contributed by atoms with Crippen LogP contribution >= 0.6 is 11.5 Å². The smallest absolute Gasteiger partial charge is 0.314 e. The number of carboxylic acids is 1. The van der Waals surface area contributed by atoms with Gasteiger partial charge in [0.1, 0.15) is 5.92 Å². The molecule has 1 aromatic heterocycles. The molecule has 0 amide bonds. The van der Waals surface area contributed by atoms with Gasteiger partial charge < -0.3 is 10.8 Å². The summed E-state index contributed by atoms with van der Waals surface area (Å²) in [6, 6.07) is 0. The summed E-state index contributed by atoms with van der Waals surface area (Å²) in [5.74, 6) is -1.34. The Morgan fingerprint density at radius 2 is 2.45 bits per heavy atom. The Balaban J connectivity index is 2.84. The van der Waals surface area contributed by atoms with Gasteiger partial charge in [0.15, 0.2) is 11.0 Å². The number of carbonyl (C=O) groups is 1. The van der Waals surface area contributed by atoms with Crippen LogP contribution in [0.2, 0.25) is 0 Å². The first kappa shape index (κ1) is 7.93. The van der Waals surface area contributed by atoms with Gasteiger partial charge in [0.25, 0.3) is 0 Å². The van der Waals surface area contributed by atoms with Crippen LogP contribution in [0.25, 0.3) is 0 Å². The van der Waals surface area contributed by atoms with E-state index in [1.54, 1.807) is 0 Å². The van der Waals surface area contributed by atoms with Crippen LogP contribution in [0.3, 0.4) is 0 Å². The van der Waals surface area contributed by atoms with Gasteiger partial charge in [-0.05, 0) is 6.92 Å². The van der Waals surface area contributed by atoms with Crippen molar-refractivity contribution in [2.75, 3.05) is 5.73 Å². The molecule has 6 heteroatoms. The van der Waals surface area contributed by atoms with Gasteiger partial charge in [0.05, 0.1) is 0 Å². The third-order valence-corrected chi connectivity index (χ3v) is 1.77. The summed E-state index contributed by atoms with van der Waals surface area (Å²) in [7, 11) is 0. The largest absolute Gasteiger partial charge is 0.481 e. The molecular weight excluding hydrogens is 166 g/mol. The minimum atomic E-state index is -0.942. The summed E-state index contributed by atoms with van der Waals surface area (Å²) in [6.45, 7) is 1.52. The second kappa shape index (κ2) is 2.83. The number of nitrogens with two attached hydrogens (primary N) is 1. The van der Waals surface area contributed by atoms with Gasteiger partial charge in [0, 0.05) is 11.5 Å². The first-order chi connectivity index (χ1) is 5.11. The average Bonchev–Trinajstić information content (AvgIpc) is 2.34. The second-order valence-corrected chi connectivity index (χ2v) is 2.83. The van der Waals surface area contributed by atoms with E-state index >= 15 is 0 Å². The number of rotatable bonds is 2. The van der Waals surface area contributed by atoms with E-state index < -0.39 is 11.9 Å². The van der Waals surface area contributed by atoms with Crippen LogP contribution in [0.5, 0.6) is 0 Å². The molecule has 5 nitrogen and oxygen atoms in total. The third-order valence-electron chi connectivity index (χ3n) is 1.22. The molecule has 0 aliphatic heterocycles. The van der Waals surface area contributed by atoms with Crippen molar-refractivity contribution in [3.63, 3.8) is 0 Å². The fraction of sp³-hybridized carbons (Fsp3) is 0.400. The molecule has 1 atom stereocenters. The molecule has 0 radical (unpaired) electrons. The normalized spacial score (nSPS) is 12.8. The van der Waals surface area contributed by atoms with Crippen molar-refractivity contribution >= 4 is 22.6 Å². The van der Waals surface area contributed by atoms with Gasteiger partial charge in [0.2, 0.25) is 0 Å². The third kappa shape index (κ3) is 1.64. The van der Waals surface area contributed by atoms with E-state index in [1.165, 1.54) is 6.92 Å². The Hall–Kier alpha value is -1.17. The summed E-state index contributed by atoms with van der Waals surface area (Å²) < 4.78 is 3.76. The lowest BCUT2D eigenvalue weighted by Crippen LogP contribution is -2.08. The molecule has 60 valence electrons. The molecule has 0 fully saturated rings. The summed E-state index contributed by atoms with van der Waals surface area (Å²) in [5.41, 5.74) is 5.27. The average molecular weight is 173 g/mol. The van der Waals surface area contributed by atoms with Crippen molar-refractivity contribution in [1.29, 1.82) is 0 Å².